The summed E-state index contributed by atoms with van der Waals surface area (Å²) in [5.41, 5.74) is 3.62. The number of aromatic hydroxyl groups is 1. The fraction of sp³-hybridized carbons (Fsp3) is 0.345. The first-order valence-corrected chi connectivity index (χ1v) is 12.1. The van der Waals surface area contributed by atoms with E-state index >= 15 is 0 Å². The Labute approximate surface area is 198 Å². The third-order valence-corrected chi connectivity index (χ3v) is 6.07. The molecular formula is C29H37NOS. The maximum Gasteiger partial charge on any atom is 0.128 e. The summed E-state index contributed by atoms with van der Waals surface area (Å²) in [4.78, 5) is 7.03. The van der Waals surface area contributed by atoms with Crippen molar-refractivity contribution in [2.45, 2.75) is 76.0 Å². The number of rotatable bonds is 4. The summed E-state index contributed by atoms with van der Waals surface area (Å²) >= 11 is 1.69. The van der Waals surface area contributed by atoms with Crippen LogP contribution < -0.4 is 0 Å². The SMILES string of the molecule is CC.CC(C)(C)c1cc(C=Nc2ccccc2Sc2ccccc2)c(O)c(C(C)(C)C)c1. The normalized spacial score (nSPS) is 11.9. The molecule has 0 bridgehead atoms. The molecule has 2 nitrogen and oxygen atoms in total. The zero-order valence-electron chi connectivity index (χ0n) is 20.7. The molecule has 0 radical (unpaired) electrons. The molecule has 0 heterocycles. The average Bonchev–Trinajstić information content (AvgIpc) is 2.74. The Morgan fingerprint density at radius 2 is 1.38 bits per heavy atom. The van der Waals surface area contributed by atoms with E-state index in [0.29, 0.717) is 5.75 Å². The monoisotopic (exact) mass is 447 g/mol. The first-order valence-electron chi connectivity index (χ1n) is 11.3. The lowest BCUT2D eigenvalue weighted by molar-refractivity contribution is 0.444. The van der Waals surface area contributed by atoms with Crippen LogP contribution in [0.15, 0.2) is 81.5 Å². The molecule has 0 fully saturated rings. The summed E-state index contributed by atoms with van der Waals surface area (Å²) in [5.74, 6) is 0.312. The maximum absolute atomic E-state index is 11.0. The van der Waals surface area contributed by atoms with Crippen LogP contribution in [0.1, 0.15) is 72.1 Å². The molecule has 3 heteroatoms. The van der Waals surface area contributed by atoms with Crippen molar-refractivity contribution >= 4 is 23.7 Å². The van der Waals surface area contributed by atoms with Gasteiger partial charge in [0.15, 0.2) is 0 Å². The first-order chi connectivity index (χ1) is 15.1. The van der Waals surface area contributed by atoms with Crippen LogP contribution >= 0.6 is 11.8 Å². The van der Waals surface area contributed by atoms with Crippen LogP contribution in [-0.4, -0.2) is 11.3 Å². The van der Waals surface area contributed by atoms with Gasteiger partial charge in [-0.2, -0.15) is 0 Å². The van der Waals surface area contributed by atoms with Crippen molar-refractivity contribution in [1.29, 1.82) is 0 Å². The van der Waals surface area contributed by atoms with Gasteiger partial charge in [0, 0.05) is 27.1 Å². The molecule has 1 N–H and O–H groups in total. The van der Waals surface area contributed by atoms with Crippen molar-refractivity contribution in [3.05, 3.63) is 83.4 Å². The molecule has 0 aliphatic heterocycles. The van der Waals surface area contributed by atoms with Gasteiger partial charge in [0.25, 0.3) is 0 Å². The van der Waals surface area contributed by atoms with E-state index < -0.39 is 0 Å². The second-order valence-electron chi connectivity index (χ2n) is 9.60. The molecule has 3 rings (SSSR count). The van der Waals surface area contributed by atoms with Crippen LogP contribution in [0.2, 0.25) is 0 Å². The molecule has 0 aromatic heterocycles. The van der Waals surface area contributed by atoms with E-state index in [1.54, 1.807) is 18.0 Å². The van der Waals surface area contributed by atoms with Crippen molar-refractivity contribution in [2.24, 2.45) is 4.99 Å². The van der Waals surface area contributed by atoms with Gasteiger partial charge in [-0.05, 0) is 46.7 Å². The lowest BCUT2D eigenvalue weighted by Gasteiger charge is -2.27. The van der Waals surface area contributed by atoms with Crippen LogP contribution in [0.25, 0.3) is 0 Å². The Kier molecular flexibility index (Phi) is 8.74. The highest BCUT2D eigenvalue weighted by Crippen LogP contribution is 2.38. The highest BCUT2D eigenvalue weighted by molar-refractivity contribution is 7.99. The third kappa shape index (κ3) is 6.74. The van der Waals surface area contributed by atoms with Crippen molar-refractivity contribution in [3.8, 4) is 5.75 Å². The topological polar surface area (TPSA) is 32.6 Å². The highest BCUT2D eigenvalue weighted by Gasteiger charge is 2.24. The average molecular weight is 448 g/mol. The fourth-order valence-electron chi connectivity index (χ4n) is 3.16. The van der Waals surface area contributed by atoms with E-state index in [1.165, 1.54) is 10.5 Å². The largest absolute Gasteiger partial charge is 0.507 e. The van der Waals surface area contributed by atoms with Crippen LogP contribution in [-0.2, 0) is 10.8 Å². The molecule has 0 amide bonds. The minimum absolute atomic E-state index is 0.0165. The van der Waals surface area contributed by atoms with Crippen molar-refractivity contribution in [3.63, 3.8) is 0 Å². The maximum atomic E-state index is 11.0. The Hall–Kier alpha value is -2.52. The number of benzene rings is 3. The van der Waals surface area contributed by atoms with Gasteiger partial charge in [-0.1, -0.05) is 104 Å². The van der Waals surface area contributed by atoms with Gasteiger partial charge in [-0.25, -0.2) is 0 Å². The molecule has 32 heavy (non-hydrogen) atoms. The molecule has 0 saturated carbocycles. The number of hydrogen-bond acceptors (Lipinski definition) is 3. The molecule has 0 aliphatic rings. The van der Waals surface area contributed by atoms with Crippen molar-refractivity contribution in [1.82, 2.24) is 0 Å². The van der Waals surface area contributed by atoms with Gasteiger partial charge in [-0.3, -0.25) is 4.99 Å². The summed E-state index contributed by atoms with van der Waals surface area (Å²) in [6.07, 6.45) is 1.80. The number of para-hydroxylation sites is 1. The van der Waals surface area contributed by atoms with Crippen LogP contribution in [0.5, 0.6) is 5.75 Å². The predicted octanol–water partition coefficient (Wildman–Crippen LogP) is 8.92. The van der Waals surface area contributed by atoms with Gasteiger partial charge in [0.2, 0.25) is 0 Å². The number of nitrogens with zero attached hydrogens (tertiary/aromatic N) is 1. The number of hydrogen-bond donors (Lipinski definition) is 1. The molecule has 0 spiro atoms. The number of aliphatic imine (C=N–C) groups is 1. The first kappa shape index (κ1) is 25.7. The Morgan fingerprint density at radius 3 is 1.97 bits per heavy atom. The minimum Gasteiger partial charge on any atom is -0.507 e. The lowest BCUT2D eigenvalue weighted by atomic mass is 9.79. The third-order valence-electron chi connectivity index (χ3n) is 4.99. The van der Waals surface area contributed by atoms with E-state index in [9.17, 15) is 5.11 Å². The summed E-state index contributed by atoms with van der Waals surface area (Å²) in [7, 11) is 0. The standard InChI is InChI=1S/C27H31NOS.C2H6/c1-26(2,3)20-16-19(25(29)22(17-20)27(4,5)6)18-28-23-14-10-11-15-24(23)30-21-12-8-7-9-13-21;1-2/h7-18,29H,1-6H3;1-2H3. The second kappa shape index (κ2) is 10.9. The van der Waals surface area contributed by atoms with Gasteiger partial charge in [0.1, 0.15) is 5.75 Å². The Morgan fingerprint density at radius 1 is 0.781 bits per heavy atom. The minimum atomic E-state index is -0.158. The van der Waals surface area contributed by atoms with Crippen molar-refractivity contribution < 1.29 is 5.11 Å². The Bertz CT molecular complexity index is 1040. The molecule has 0 saturated heterocycles. The Balaban J connectivity index is 0.00000176. The van der Waals surface area contributed by atoms with Gasteiger partial charge < -0.3 is 5.11 Å². The highest BCUT2D eigenvalue weighted by atomic mass is 32.2. The van der Waals surface area contributed by atoms with Crippen LogP contribution in [0.4, 0.5) is 5.69 Å². The fourth-order valence-corrected chi connectivity index (χ4v) is 4.08. The molecule has 0 atom stereocenters. The number of phenolic OH excluding ortho intramolecular Hbond substituents is 1. The van der Waals surface area contributed by atoms with Gasteiger partial charge >= 0.3 is 0 Å². The molecular weight excluding hydrogens is 410 g/mol. The van der Waals surface area contributed by atoms with E-state index in [-0.39, 0.29) is 10.8 Å². The van der Waals surface area contributed by atoms with Crippen molar-refractivity contribution in [2.75, 3.05) is 0 Å². The smallest absolute Gasteiger partial charge is 0.128 e. The van der Waals surface area contributed by atoms with Crippen LogP contribution in [0.3, 0.4) is 0 Å². The summed E-state index contributed by atoms with van der Waals surface area (Å²) in [6.45, 7) is 17.0. The van der Waals surface area contributed by atoms with Crippen LogP contribution in [0, 0.1) is 0 Å². The summed E-state index contributed by atoms with van der Waals surface area (Å²) < 4.78 is 0. The second-order valence-corrected chi connectivity index (χ2v) is 10.7. The van der Waals surface area contributed by atoms with E-state index in [4.69, 9.17) is 4.99 Å². The number of phenols is 1. The molecule has 3 aromatic rings. The zero-order chi connectivity index (χ0) is 23.9. The van der Waals surface area contributed by atoms with Gasteiger partial charge in [-0.15, -0.1) is 0 Å². The van der Waals surface area contributed by atoms with Gasteiger partial charge in [0.05, 0.1) is 5.69 Å². The predicted molar refractivity (Wildman–Crippen MR) is 141 cm³/mol. The molecule has 3 aromatic carbocycles. The molecule has 170 valence electrons. The summed E-state index contributed by atoms with van der Waals surface area (Å²) in [5, 5.41) is 11.0. The van der Waals surface area contributed by atoms with E-state index in [2.05, 4.69) is 71.9 Å². The zero-order valence-corrected chi connectivity index (χ0v) is 21.5. The molecule has 0 unspecified atom stereocenters. The molecule has 0 aliphatic carbocycles. The lowest BCUT2D eigenvalue weighted by Crippen LogP contribution is -2.17. The summed E-state index contributed by atoms with van der Waals surface area (Å²) in [6, 6.07) is 22.6. The quantitative estimate of drug-likeness (QED) is 0.405. The van der Waals surface area contributed by atoms with E-state index in [1.807, 2.05) is 50.2 Å². The van der Waals surface area contributed by atoms with E-state index in [0.717, 1.165) is 21.7 Å².